The summed E-state index contributed by atoms with van der Waals surface area (Å²) in [6, 6.07) is 10.3. The summed E-state index contributed by atoms with van der Waals surface area (Å²) in [4.78, 5) is 24.4. The van der Waals surface area contributed by atoms with E-state index in [0.717, 1.165) is 21.1 Å². The Morgan fingerprint density at radius 3 is 2.46 bits per heavy atom. The van der Waals surface area contributed by atoms with Crippen molar-refractivity contribution in [3.8, 4) is 17.0 Å². The van der Waals surface area contributed by atoms with E-state index in [4.69, 9.17) is 0 Å². The molecule has 0 bridgehead atoms. The molecule has 26 heavy (non-hydrogen) atoms. The predicted molar refractivity (Wildman–Crippen MR) is 103 cm³/mol. The van der Waals surface area contributed by atoms with E-state index in [1.54, 1.807) is 65.9 Å². The van der Waals surface area contributed by atoms with Gasteiger partial charge in [-0.25, -0.2) is 4.98 Å². The van der Waals surface area contributed by atoms with Crippen LogP contribution in [0.15, 0.2) is 42.6 Å². The van der Waals surface area contributed by atoms with Gasteiger partial charge in [-0.2, -0.15) is 0 Å². The van der Waals surface area contributed by atoms with E-state index in [-0.39, 0.29) is 17.7 Å². The Hall–Kier alpha value is -2.73. The van der Waals surface area contributed by atoms with Gasteiger partial charge in [-0.1, -0.05) is 12.1 Å². The summed E-state index contributed by atoms with van der Waals surface area (Å²) in [6.07, 6.45) is 1.63. The second-order valence-corrected chi connectivity index (χ2v) is 7.62. The van der Waals surface area contributed by atoms with Crippen molar-refractivity contribution in [1.82, 2.24) is 14.9 Å². The molecule has 2 aromatic heterocycles. The molecule has 0 unspecified atom stereocenters. The Labute approximate surface area is 157 Å². The molecule has 3 rings (SSSR count). The third-order valence-electron chi connectivity index (χ3n) is 4.43. The van der Waals surface area contributed by atoms with Crippen molar-refractivity contribution in [3.05, 3.63) is 63.7 Å². The van der Waals surface area contributed by atoms with Gasteiger partial charge < -0.3 is 10.0 Å². The van der Waals surface area contributed by atoms with Crippen LogP contribution in [0.3, 0.4) is 0 Å². The molecule has 1 amide bonds. The van der Waals surface area contributed by atoms with Crippen molar-refractivity contribution in [2.45, 2.75) is 26.8 Å². The summed E-state index contributed by atoms with van der Waals surface area (Å²) in [6.45, 7) is 5.99. The minimum atomic E-state index is -0.105. The molecular formula is C20H21N3O2S. The molecule has 3 aromatic rings. The highest BCUT2D eigenvalue weighted by Crippen LogP contribution is 2.29. The number of thiazole rings is 1. The van der Waals surface area contributed by atoms with E-state index >= 15 is 0 Å². The van der Waals surface area contributed by atoms with Crippen LogP contribution in [0.25, 0.3) is 11.3 Å². The van der Waals surface area contributed by atoms with Crippen LogP contribution >= 0.6 is 11.3 Å². The highest BCUT2D eigenvalue weighted by Gasteiger charge is 2.22. The lowest BCUT2D eigenvalue weighted by Crippen LogP contribution is -2.30. The largest absolute Gasteiger partial charge is 0.506 e. The quantitative estimate of drug-likeness (QED) is 0.744. The van der Waals surface area contributed by atoms with Crippen molar-refractivity contribution in [1.29, 1.82) is 0 Å². The number of hydrogen-bond acceptors (Lipinski definition) is 5. The smallest absolute Gasteiger partial charge is 0.254 e. The number of pyridine rings is 1. The van der Waals surface area contributed by atoms with Gasteiger partial charge in [-0.05, 0) is 45.0 Å². The van der Waals surface area contributed by atoms with E-state index in [1.807, 2.05) is 20.8 Å². The van der Waals surface area contributed by atoms with Gasteiger partial charge in [0, 0.05) is 29.2 Å². The number of rotatable bonds is 4. The first-order valence-corrected chi connectivity index (χ1v) is 9.15. The SMILES string of the molecule is Cc1nc([C@@H](C)N(C)C(=O)c2ccc(-c3ncccc3O)cc2)c(C)s1. The highest BCUT2D eigenvalue weighted by molar-refractivity contribution is 7.11. The summed E-state index contributed by atoms with van der Waals surface area (Å²) < 4.78 is 0. The number of benzene rings is 1. The fraction of sp³-hybridized carbons (Fsp3) is 0.250. The third-order valence-corrected chi connectivity index (χ3v) is 5.33. The second kappa shape index (κ2) is 7.25. The van der Waals surface area contributed by atoms with Crippen LogP contribution in [0.1, 0.15) is 38.9 Å². The lowest BCUT2D eigenvalue weighted by atomic mass is 10.1. The first kappa shape index (κ1) is 18.1. The Bertz CT molecular complexity index is 934. The van der Waals surface area contributed by atoms with E-state index in [2.05, 4.69) is 9.97 Å². The van der Waals surface area contributed by atoms with Crippen molar-refractivity contribution in [3.63, 3.8) is 0 Å². The number of nitrogens with zero attached hydrogens (tertiary/aromatic N) is 3. The van der Waals surface area contributed by atoms with Gasteiger partial charge >= 0.3 is 0 Å². The number of aromatic hydroxyl groups is 1. The maximum Gasteiger partial charge on any atom is 0.254 e. The van der Waals surface area contributed by atoms with E-state index in [0.29, 0.717) is 11.3 Å². The number of carbonyl (C=O) groups is 1. The average Bonchev–Trinajstić information content (AvgIpc) is 2.98. The molecule has 5 nitrogen and oxygen atoms in total. The maximum atomic E-state index is 12.8. The zero-order chi connectivity index (χ0) is 18.8. The molecule has 1 N–H and O–H groups in total. The zero-order valence-electron chi connectivity index (χ0n) is 15.2. The molecule has 0 saturated carbocycles. The topological polar surface area (TPSA) is 66.3 Å². The Kier molecular flexibility index (Phi) is 5.04. The fourth-order valence-corrected chi connectivity index (χ4v) is 3.79. The van der Waals surface area contributed by atoms with E-state index in [1.165, 1.54) is 0 Å². The van der Waals surface area contributed by atoms with Crippen LogP contribution in [-0.4, -0.2) is 32.9 Å². The van der Waals surface area contributed by atoms with Crippen molar-refractivity contribution < 1.29 is 9.90 Å². The Balaban J connectivity index is 1.81. The average molecular weight is 367 g/mol. The summed E-state index contributed by atoms with van der Waals surface area (Å²) in [5, 5.41) is 10.9. The third kappa shape index (κ3) is 3.46. The molecule has 2 heterocycles. The van der Waals surface area contributed by atoms with Gasteiger partial charge in [-0.3, -0.25) is 9.78 Å². The number of aryl methyl sites for hydroxylation is 2. The second-order valence-electron chi connectivity index (χ2n) is 6.21. The summed E-state index contributed by atoms with van der Waals surface area (Å²) in [5.41, 5.74) is 2.80. The molecule has 0 saturated heterocycles. The number of amides is 1. The lowest BCUT2D eigenvalue weighted by molar-refractivity contribution is 0.0740. The summed E-state index contributed by atoms with van der Waals surface area (Å²) in [7, 11) is 1.79. The van der Waals surface area contributed by atoms with Crippen LogP contribution in [0, 0.1) is 13.8 Å². The molecule has 0 aliphatic carbocycles. The lowest BCUT2D eigenvalue weighted by Gasteiger charge is -2.24. The van der Waals surface area contributed by atoms with E-state index in [9.17, 15) is 9.90 Å². The summed E-state index contributed by atoms with van der Waals surface area (Å²) >= 11 is 1.64. The van der Waals surface area contributed by atoms with Crippen LogP contribution < -0.4 is 0 Å². The molecule has 134 valence electrons. The predicted octanol–water partition coefficient (Wildman–Crippen LogP) is 4.36. The van der Waals surface area contributed by atoms with Gasteiger partial charge in [0.05, 0.1) is 16.7 Å². The molecule has 0 radical (unpaired) electrons. The van der Waals surface area contributed by atoms with Crippen LogP contribution in [0.4, 0.5) is 0 Å². The van der Waals surface area contributed by atoms with Gasteiger partial charge in [0.1, 0.15) is 11.4 Å². The van der Waals surface area contributed by atoms with Gasteiger partial charge in [-0.15, -0.1) is 11.3 Å². The molecule has 1 atom stereocenters. The molecule has 0 spiro atoms. The molecule has 6 heteroatoms. The van der Waals surface area contributed by atoms with Crippen molar-refractivity contribution in [2.75, 3.05) is 7.05 Å². The van der Waals surface area contributed by atoms with Crippen molar-refractivity contribution >= 4 is 17.2 Å². The molecule has 1 aromatic carbocycles. The molecular weight excluding hydrogens is 346 g/mol. The fourth-order valence-electron chi connectivity index (χ4n) is 2.89. The minimum Gasteiger partial charge on any atom is -0.506 e. The standard InChI is InChI=1S/C20H21N3O2S/c1-12(18-13(2)26-14(3)22-18)23(4)20(25)16-9-7-15(8-10-16)19-17(24)6-5-11-21-19/h5-12,24H,1-4H3/t12-/m1/s1. The highest BCUT2D eigenvalue weighted by atomic mass is 32.1. The Morgan fingerprint density at radius 2 is 1.88 bits per heavy atom. The van der Waals surface area contributed by atoms with Crippen molar-refractivity contribution in [2.24, 2.45) is 0 Å². The number of carbonyl (C=O) groups excluding carboxylic acids is 1. The van der Waals surface area contributed by atoms with Crippen LogP contribution in [0.5, 0.6) is 5.75 Å². The minimum absolute atomic E-state index is 0.0701. The zero-order valence-corrected chi connectivity index (χ0v) is 16.0. The molecule has 0 fully saturated rings. The van der Waals surface area contributed by atoms with Gasteiger partial charge in [0.15, 0.2) is 0 Å². The first-order valence-electron chi connectivity index (χ1n) is 8.34. The summed E-state index contributed by atoms with van der Waals surface area (Å²) in [5.74, 6) is 0.0473. The first-order chi connectivity index (χ1) is 12.4. The van der Waals surface area contributed by atoms with E-state index < -0.39 is 0 Å². The molecule has 0 aliphatic rings. The van der Waals surface area contributed by atoms with Crippen LogP contribution in [0.2, 0.25) is 0 Å². The number of aromatic nitrogens is 2. The molecule has 0 aliphatic heterocycles. The normalized spacial score (nSPS) is 12.0. The maximum absolute atomic E-state index is 12.8. The van der Waals surface area contributed by atoms with Gasteiger partial charge in [0.25, 0.3) is 5.91 Å². The number of hydrogen-bond donors (Lipinski definition) is 1. The monoisotopic (exact) mass is 367 g/mol. The van der Waals surface area contributed by atoms with Gasteiger partial charge in [0.2, 0.25) is 0 Å². The van der Waals surface area contributed by atoms with Crippen LogP contribution in [-0.2, 0) is 0 Å². The Morgan fingerprint density at radius 1 is 1.19 bits per heavy atom.